The minimum atomic E-state index is -1.16. The van der Waals surface area contributed by atoms with Crippen LogP contribution in [0, 0.1) is 11.3 Å². The number of fused-ring (bicyclic) bond motifs is 3. The Bertz CT molecular complexity index is 520. The Morgan fingerprint density at radius 2 is 2.32 bits per heavy atom. The molecule has 1 aliphatic heterocycles. The molecule has 1 heterocycles. The summed E-state index contributed by atoms with van der Waals surface area (Å²) in [6.07, 6.45) is 2.82. The lowest BCUT2D eigenvalue weighted by Gasteiger charge is -2.46. The van der Waals surface area contributed by atoms with Crippen LogP contribution in [-0.2, 0) is 14.3 Å². The van der Waals surface area contributed by atoms with Gasteiger partial charge in [-0.1, -0.05) is 26.0 Å². The fourth-order valence-corrected chi connectivity index (χ4v) is 3.79. The predicted molar refractivity (Wildman–Crippen MR) is 68.4 cm³/mol. The van der Waals surface area contributed by atoms with Crippen molar-refractivity contribution in [3.63, 3.8) is 0 Å². The van der Waals surface area contributed by atoms with E-state index in [9.17, 15) is 14.7 Å². The van der Waals surface area contributed by atoms with Gasteiger partial charge in [0.1, 0.15) is 12.4 Å². The largest absolute Gasteiger partial charge is 0.393 e. The Morgan fingerprint density at radius 1 is 1.63 bits per heavy atom. The van der Waals surface area contributed by atoms with Crippen molar-refractivity contribution in [2.75, 3.05) is 0 Å². The second kappa shape index (κ2) is 3.64. The van der Waals surface area contributed by atoms with Crippen molar-refractivity contribution in [3.8, 4) is 0 Å². The SMILES string of the molecule is C=C(C=O)[C@@]12O[C@@H]1[C@@]1(C)C(=CC2=O)CC[C@@H](O)[C@@H]1C. The molecule has 0 aromatic heterocycles. The molecule has 3 rings (SSSR count). The molecule has 1 saturated heterocycles. The number of ketones is 1. The Kier molecular flexibility index (Phi) is 2.45. The van der Waals surface area contributed by atoms with Gasteiger partial charge in [-0.2, -0.15) is 0 Å². The van der Waals surface area contributed by atoms with Gasteiger partial charge in [0, 0.05) is 11.0 Å². The van der Waals surface area contributed by atoms with Crippen LogP contribution in [0.2, 0.25) is 0 Å². The highest BCUT2D eigenvalue weighted by Gasteiger charge is 2.74. The second-order valence-electron chi connectivity index (χ2n) is 6.09. The lowest BCUT2D eigenvalue weighted by molar-refractivity contribution is -0.120. The van der Waals surface area contributed by atoms with Gasteiger partial charge in [0.05, 0.1) is 6.10 Å². The molecule has 0 radical (unpaired) electrons. The number of aliphatic hydroxyl groups is 1. The molecule has 102 valence electrons. The number of aldehydes is 1. The van der Waals surface area contributed by atoms with Gasteiger partial charge < -0.3 is 9.84 Å². The molecular formula is C15H18O4. The first-order chi connectivity index (χ1) is 8.88. The third-order valence-electron chi connectivity index (χ3n) is 5.38. The van der Waals surface area contributed by atoms with E-state index in [4.69, 9.17) is 4.74 Å². The Labute approximate surface area is 112 Å². The molecule has 1 N–H and O–H groups in total. The van der Waals surface area contributed by atoms with Crippen LogP contribution in [0.15, 0.2) is 23.8 Å². The molecule has 3 aliphatic rings. The number of carbonyl (C=O) groups is 2. The third kappa shape index (κ3) is 1.31. The number of epoxide rings is 1. The van der Waals surface area contributed by atoms with Crippen LogP contribution in [-0.4, -0.2) is 35.0 Å². The number of rotatable bonds is 2. The van der Waals surface area contributed by atoms with Gasteiger partial charge in [-0.05, 0) is 24.8 Å². The van der Waals surface area contributed by atoms with E-state index in [0.717, 1.165) is 5.57 Å². The van der Waals surface area contributed by atoms with E-state index in [-0.39, 0.29) is 23.4 Å². The first-order valence-electron chi connectivity index (χ1n) is 6.65. The standard InChI is InChI=1S/C15H18O4/c1-8(7-16)15-12(18)6-10-4-5-11(17)9(2)14(10,3)13(15)19-15/h6-7,9,11,13,17H,1,4-5H2,2-3H3/t9-,11+,13+,14+,15-/m0/s1. The summed E-state index contributed by atoms with van der Waals surface area (Å²) in [5, 5.41) is 10.1. The molecule has 0 aromatic rings. The number of hydrogen-bond donors (Lipinski definition) is 1. The van der Waals surface area contributed by atoms with Crippen LogP contribution in [0.25, 0.3) is 0 Å². The van der Waals surface area contributed by atoms with Crippen molar-refractivity contribution in [2.45, 2.75) is 44.5 Å². The average Bonchev–Trinajstić information content (AvgIpc) is 3.15. The van der Waals surface area contributed by atoms with Crippen molar-refractivity contribution >= 4 is 12.1 Å². The molecule has 5 atom stereocenters. The Morgan fingerprint density at radius 3 is 2.95 bits per heavy atom. The van der Waals surface area contributed by atoms with E-state index in [0.29, 0.717) is 19.1 Å². The lowest BCUT2D eigenvalue weighted by Crippen LogP contribution is -2.50. The monoisotopic (exact) mass is 262 g/mol. The van der Waals surface area contributed by atoms with Gasteiger partial charge in [-0.3, -0.25) is 9.59 Å². The smallest absolute Gasteiger partial charge is 0.194 e. The number of hydrogen-bond acceptors (Lipinski definition) is 4. The van der Waals surface area contributed by atoms with Gasteiger partial charge in [0.2, 0.25) is 0 Å². The van der Waals surface area contributed by atoms with E-state index in [1.807, 2.05) is 13.8 Å². The normalized spacial score (nSPS) is 47.8. The van der Waals surface area contributed by atoms with Gasteiger partial charge >= 0.3 is 0 Å². The third-order valence-corrected chi connectivity index (χ3v) is 5.38. The molecule has 4 heteroatoms. The van der Waals surface area contributed by atoms with Crippen molar-refractivity contribution in [2.24, 2.45) is 11.3 Å². The fourth-order valence-electron chi connectivity index (χ4n) is 3.79. The second-order valence-corrected chi connectivity index (χ2v) is 6.09. The quantitative estimate of drug-likeness (QED) is 0.461. The summed E-state index contributed by atoms with van der Waals surface area (Å²) in [6.45, 7) is 7.66. The van der Waals surface area contributed by atoms with Crippen LogP contribution in [0.4, 0.5) is 0 Å². The van der Waals surface area contributed by atoms with Crippen molar-refractivity contribution < 1.29 is 19.4 Å². The highest BCUT2D eigenvalue weighted by Crippen LogP contribution is 2.63. The predicted octanol–water partition coefficient (Wildman–Crippen LogP) is 1.19. The molecule has 2 fully saturated rings. The summed E-state index contributed by atoms with van der Waals surface area (Å²) >= 11 is 0. The van der Waals surface area contributed by atoms with Crippen molar-refractivity contribution in [3.05, 3.63) is 23.8 Å². The summed E-state index contributed by atoms with van der Waals surface area (Å²) in [5.41, 5.74) is -0.332. The Balaban J connectivity index is 2.10. The summed E-state index contributed by atoms with van der Waals surface area (Å²) in [4.78, 5) is 23.2. The maximum Gasteiger partial charge on any atom is 0.194 e. The topological polar surface area (TPSA) is 66.9 Å². The van der Waals surface area contributed by atoms with E-state index in [1.165, 1.54) is 0 Å². The highest BCUT2D eigenvalue weighted by atomic mass is 16.6. The van der Waals surface area contributed by atoms with Crippen LogP contribution in [0.3, 0.4) is 0 Å². The van der Waals surface area contributed by atoms with Crippen molar-refractivity contribution in [1.82, 2.24) is 0 Å². The molecule has 0 aromatic carbocycles. The first-order valence-corrected chi connectivity index (χ1v) is 6.65. The van der Waals surface area contributed by atoms with Gasteiger partial charge in [0.25, 0.3) is 0 Å². The minimum Gasteiger partial charge on any atom is -0.393 e. The zero-order chi connectivity index (χ0) is 14.0. The minimum absolute atomic E-state index is 0.00747. The van der Waals surface area contributed by atoms with Crippen LogP contribution >= 0.6 is 0 Å². The van der Waals surface area contributed by atoms with Crippen molar-refractivity contribution in [1.29, 1.82) is 0 Å². The van der Waals surface area contributed by atoms with E-state index >= 15 is 0 Å². The zero-order valence-corrected chi connectivity index (χ0v) is 11.2. The summed E-state index contributed by atoms with van der Waals surface area (Å²) in [7, 11) is 0. The summed E-state index contributed by atoms with van der Waals surface area (Å²) < 4.78 is 5.68. The van der Waals surface area contributed by atoms with Gasteiger partial charge in [-0.15, -0.1) is 0 Å². The van der Waals surface area contributed by atoms with Crippen LogP contribution in [0.5, 0.6) is 0 Å². The number of aliphatic hydroxyl groups excluding tert-OH is 1. The summed E-state index contributed by atoms with van der Waals surface area (Å²) in [5.74, 6) is -0.183. The first kappa shape index (κ1) is 12.8. The van der Waals surface area contributed by atoms with Crippen LogP contribution < -0.4 is 0 Å². The van der Waals surface area contributed by atoms with Gasteiger partial charge in [-0.25, -0.2) is 0 Å². The molecular weight excluding hydrogens is 244 g/mol. The maximum atomic E-state index is 12.3. The van der Waals surface area contributed by atoms with E-state index in [2.05, 4.69) is 6.58 Å². The number of carbonyl (C=O) groups excluding carboxylic acids is 2. The molecule has 4 nitrogen and oxygen atoms in total. The molecule has 1 saturated carbocycles. The summed E-state index contributed by atoms with van der Waals surface area (Å²) in [6, 6.07) is 0. The van der Waals surface area contributed by atoms with E-state index < -0.39 is 17.1 Å². The van der Waals surface area contributed by atoms with Crippen LogP contribution in [0.1, 0.15) is 26.7 Å². The molecule has 0 bridgehead atoms. The molecule has 19 heavy (non-hydrogen) atoms. The van der Waals surface area contributed by atoms with Gasteiger partial charge in [0.15, 0.2) is 11.4 Å². The lowest BCUT2D eigenvalue weighted by atomic mass is 9.57. The Hall–Kier alpha value is -1.26. The fraction of sp³-hybridized carbons (Fsp3) is 0.600. The molecule has 0 amide bonds. The average molecular weight is 262 g/mol. The molecule has 0 spiro atoms. The highest BCUT2D eigenvalue weighted by molar-refractivity contribution is 6.08. The zero-order valence-electron chi connectivity index (χ0n) is 11.2. The maximum absolute atomic E-state index is 12.3. The van der Waals surface area contributed by atoms with E-state index in [1.54, 1.807) is 6.08 Å². The molecule has 0 unspecified atom stereocenters. The number of ether oxygens (including phenoxy) is 1. The molecule has 2 aliphatic carbocycles.